The zero-order valence-electron chi connectivity index (χ0n) is 17.9. The lowest BCUT2D eigenvalue weighted by Crippen LogP contribution is -2.50. The first-order chi connectivity index (χ1) is 15.8. The molecule has 2 aliphatic rings. The Hall–Kier alpha value is -4.21. The normalized spacial score (nSPS) is 18.1. The average molecular weight is 450 g/mol. The van der Waals surface area contributed by atoms with Crippen molar-refractivity contribution in [1.82, 2.24) is 5.43 Å². The van der Waals surface area contributed by atoms with Crippen molar-refractivity contribution in [1.29, 1.82) is 0 Å². The van der Waals surface area contributed by atoms with E-state index in [0.717, 1.165) is 5.01 Å². The second kappa shape index (κ2) is 9.11. The van der Waals surface area contributed by atoms with Gasteiger partial charge in [-0.25, -0.2) is 9.80 Å². The first-order valence-corrected chi connectivity index (χ1v) is 10.4. The number of fused-ring (bicyclic) bond motifs is 1. The minimum absolute atomic E-state index is 0.108. The van der Waals surface area contributed by atoms with Crippen molar-refractivity contribution in [2.45, 2.75) is 32.2 Å². The van der Waals surface area contributed by atoms with Crippen molar-refractivity contribution in [2.75, 3.05) is 21.8 Å². The number of carbonyl (C=O) groups excluding carboxylic acids is 5. The van der Waals surface area contributed by atoms with Crippen LogP contribution in [-0.4, -0.2) is 42.2 Å². The van der Waals surface area contributed by atoms with Gasteiger partial charge in [-0.15, -0.1) is 0 Å². The predicted octanol–water partition coefficient (Wildman–Crippen LogP) is 1.77. The molecular formula is C23H22N4O6. The molecule has 1 atom stereocenters. The Labute approximate surface area is 189 Å². The highest BCUT2D eigenvalue weighted by Gasteiger charge is 2.30. The summed E-state index contributed by atoms with van der Waals surface area (Å²) in [5, 5.41) is 3.91. The number of benzene rings is 2. The number of nitrogens with zero attached hydrogens (tertiary/aromatic N) is 2. The van der Waals surface area contributed by atoms with Gasteiger partial charge in [-0.05, 0) is 43.3 Å². The summed E-state index contributed by atoms with van der Waals surface area (Å²) in [4.78, 5) is 62.5. The summed E-state index contributed by atoms with van der Waals surface area (Å²) < 4.78 is 5.21. The van der Waals surface area contributed by atoms with Crippen molar-refractivity contribution in [2.24, 2.45) is 0 Å². The molecule has 0 radical (unpaired) electrons. The van der Waals surface area contributed by atoms with Gasteiger partial charge in [0.15, 0.2) is 6.61 Å². The van der Waals surface area contributed by atoms with Crippen molar-refractivity contribution in [3.05, 3.63) is 54.1 Å². The van der Waals surface area contributed by atoms with Crippen molar-refractivity contribution >= 4 is 46.7 Å². The summed E-state index contributed by atoms with van der Waals surface area (Å²) >= 11 is 0. The highest BCUT2D eigenvalue weighted by molar-refractivity contribution is 6.05. The van der Waals surface area contributed by atoms with Gasteiger partial charge in [0.2, 0.25) is 17.7 Å². The van der Waals surface area contributed by atoms with E-state index in [1.165, 1.54) is 29.2 Å². The van der Waals surface area contributed by atoms with E-state index in [1.54, 1.807) is 31.2 Å². The fourth-order valence-corrected chi connectivity index (χ4v) is 3.78. The number of ether oxygens (including phenoxy) is 1. The van der Waals surface area contributed by atoms with E-state index in [4.69, 9.17) is 4.74 Å². The number of anilines is 3. The molecule has 0 spiro atoms. The molecule has 0 aromatic heterocycles. The van der Waals surface area contributed by atoms with Crippen LogP contribution in [0, 0.1) is 0 Å². The second-order valence-electron chi connectivity index (χ2n) is 7.77. The van der Waals surface area contributed by atoms with Crippen LogP contribution in [0.1, 0.15) is 36.5 Å². The monoisotopic (exact) mass is 450 g/mol. The summed E-state index contributed by atoms with van der Waals surface area (Å²) in [7, 11) is 0. The first kappa shape index (κ1) is 22.0. The Kier molecular flexibility index (Phi) is 6.07. The Morgan fingerprint density at radius 3 is 2.48 bits per heavy atom. The molecule has 10 heteroatoms. The molecule has 1 unspecified atom stereocenters. The van der Waals surface area contributed by atoms with Crippen LogP contribution in [0.2, 0.25) is 0 Å². The number of hydrazine groups is 1. The van der Waals surface area contributed by atoms with Crippen LogP contribution in [0.4, 0.5) is 17.1 Å². The molecule has 4 amide bonds. The predicted molar refractivity (Wildman–Crippen MR) is 118 cm³/mol. The fraction of sp³-hybridized carbons (Fsp3) is 0.261. The van der Waals surface area contributed by atoms with Gasteiger partial charge in [0, 0.05) is 25.3 Å². The quantitative estimate of drug-likeness (QED) is 0.684. The smallest absolute Gasteiger partial charge is 0.338 e. The lowest BCUT2D eigenvalue weighted by molar-refractivity contribution is -0.130. The SMILES string of the molecule is CC1CC(=O)Nc2ccccc2N1C(=O)COC(=O)c1ccc(N2NC(=O)CCC2=O)cc1. The highest BCUT2D eigenvalue weighted by atomic mass is 16.5. The molecule has 4 rings (SSSR count). The highest BCUT2D eigenvalue weighted by Crippen LogP contribution is 2.31. The maximum Gasteiger partial charge on any atom is 0.338 e. The van der Waals surface area contributed by atoms with Gasteiger partial charge >= 0.3 is 5.97 Å². The summed E-state index contributed by atoms with van der Waals surface area (Å²) in [5.74, 6) is -1.90. The molecule has 1 saturated heterocycles. The summed E-state index contributed by atoms with van der Waals surface area (Å²) in [5.41, 5.74) is 4.12. The number of hydrogen-bond acceptors (Lipinski definition) is 6. The summed E-state index contributed by atoms with van der Waals surface area (Å²) in [6.45, 7) is 1.24. The molecule has 2 N–H and O–H groups in total. The number of esters is 1. The molecule has 0 aliphatic carbocycles. The Morgan fingerprint density at radius 2 is 1.73 bits per heavy atom. The largest absolute Gasteiger partial charge is 0.452 e. The van der Waals surface area contributed by atoms with E-state index in [2.05, 4.69) is 10.7 Å². The molecular weight excluding hydrogens is 428 g/mol. The fourth-order valence-electron chi connectivity index (χ4n) is 3.78. The molecule has 2 aromatic rings. The molecule has 2 aromatic carbocycles. The van der Waals surface area contributed by atoms with E-state index < -0.39 is 24.5 Å². The van der Waals surface area contributed by atoms with Crippen LogP contribution in [0.5, 0.6) is 0 Å². The minimum Gasteiger partial charge on any atom is -0.452 e. The van der Waals surface area contributed by atoms with Crippen molar-refractivity contribution in [3.8, 4) is 0 Å². The molecule has 33 heavy (non-hydrogen) atoms. The third-order valence-corrected chi connectivity index (χ3v) is 5.37. The number of nitrogens with one attached hydrogen (secondary N) is 2. The molecule has 1 fully saturated rings. The number of carbonyl (C=O) groups is 5. The van der Waals surface area contributed by atoms with Gasteiger partial charge in [-0.3, -0.25) is 24.6 Å². The van der Waals surface area contributed by atoms with E-state index in [1.807, 2.05) is 0 Å². The number of rotatable bonds is 4. The third kappa shape index (κ3) is 4.69. The zero-order valence-corrected chi connectivity index (χ0v) is 17.9. The van der Waals surface area contributed by atoms with E-state index in [0.29, 0.717) is 17.1 Å². The van der Waals surface area contributed by atoms with Crippen LogP contribution < -0.4 is 20.7 Å². The maximum absolute atomic E-state index is 12.9. The Bertz CT molecular complexity index is 1130. The van der Waals surface area contributed by atoms with Crippen LogP contribution in [-0.2, 0) is 23.9 Å². The van der Waals surface area contributed by atoms with Crippen LogP contribution in [0.15, 0.2) is 48.5 Å². The van der Waals surface area contributed by atoms with Gasteiger partial charge in [-0.2, -0.15) is 0 Å². The topological polar surface area (TPSA) is 125 Å². The van der Waals surface area contributed by atoms with Crippen molar-refractivity contribution < 1.29 is 28.7 Å². The third-order valence-electron chi connectivity index (χ3n) is 5.37. The van der Waals surface area contributed by atoms with Gasteiger partial charge in [0.1, 0.15) is 0 Å². The first-order valence-electron chi connectivity index (χ1n) is 10.4. The van der Waals surface area contributed by atoms with E-state index in [-0.39, 0.29) is 42.5 Å². The number of amides is 4. The summed E-state index contributed by atoms with van der Waals surface area (Å²) in [6.07, 6.45) is 0.358. The zero-order chi connectivity index (χ0) is 23.5. The van der Waals surface area contributed by atoms with Gasteiger partial charge in [-0.1, -0.05) is 12.1 Å². The van der Waals surface area contributed by atoms with Gasteiger partial charge in [0.05, 0.1) is 22.6 Å². The Morgan fingerprint density at radius 1 is 1.00 bits per heavy atom. The molecule has 0 saturated carbocycles. The van der Waals surface area contributed by atoms with Crippen LogP contribution >= 0.6 is 0 Å². The Balaban J connectivity index is 1.42. The maximum atomic E-state index is 12.9. The van der Waals surface area contributed by atoms with Gasteiger partial charge < -0.3 is 15.0 Å². The second-order valence-corrected chi connectivity index (χ2v) is 7.77. The molecule has 2 heterocycles. The average Bonchev–Trinajstić information content (AvgIpc) is 2.93. The molecule has 0 bridgehead atoms. The number of para-hydroxylation sites is 2. The van der Waals surface area contributed by atoms with Crippen molar-refractivity contribution in [3.63, 3.8) is 0 Å². The minimum atomic E-state index is -0.714. The van der Waals surface area contributed by atoms with E-state index in [9.17, 15) is 24.0 Å². The van der Waals surface area contributed by atoms with E-state index >= 15 is 0 Å². The molecule has 170 valence electrons. The lowest BCUT2D eigenvalue weighted by atomic mass is 10.1. The molecule has 2 aliphatic heterocycles. The van der Waals surface area contributed by atoms with Gasteiger partial charge in [0.25, 0.3) is 5.91 Å². The standard InChI is InChI=1S/C23H22N4O6/c1-14-12-20(29)24-17-4-2-3-5-18(17)26(14)22(31)13-33-23(32)15-6-8-16(9-7-15)27-21(30)11-10-19(28)25-27/h2-9,14H,10-13H2,1H3,(H,24,29)(H,25,28). The van der Waals surface area contributed by atoms with Crippen LogP contribution in [0.3, 0.4) is 0 Å². The summed E-state index contributed by atoms with van der Waals surface area (Å²) in [6, 6.07) is 12.4. The number of hydrogen-bond donors (Lipinski definition) is 2. The lowest BCUT2D eigenvalue weighted by Gasteiger charge is -2.27. The molecule has 10 nitrogen and oxygen atoms in total. The van der Waals surface area contributed by atoms with Crippen LogP contribution in [0.25, 0.3) is 0 Å².